The second-order valence-corrected chi connectivity index (χ2v) is 6.11. The van der Waals surface area contributed by atoms with E-state index in [1.807, 2.05) is 0 Å². The van der Waals surface area contributed by atoms with Crippen molar-refractivity contribution in [1.29, 1.82) is 0 Å². The molecule has 0 bridgehead atoms. The van der Waals surface area contributed by atoms with Crippen LogP contribution in [0.4, 0.5) is 0 Å². The van der Waals surface area contributed by atoms with Gasteiger partial charge in [-0.05, 0) is 13.8 Å². The molecule has 6 nitrogen and oxygen atoms in total. The number of sulfone groups is 1. The number of hydrogen-bond acceptors (Lipinski definition) is 5. The predicted molar refractivity (Wildman–Crippen MR) is 56.8 cm³/mol. The van der Waals surface area contributed by atoms with E-state index in [0.717, 1.165) is 6.20 Å². The monoisotopic (exact) mass is 244 g/mol. The van der Waals surface area contributed by atoms with E-state index in [4.69, 9.17) is 5.11 Å². The lowest BCUT2D eigenvalue weighted by Crippen LogP contribution is -2.17. The van der Waals surface area contributed by atoms with Crippen LogP contribution in [0.25, 0.3) is 0 Å². The van der Waals surface area contributed by atoms with E-state index in [-0.39, 0.29) is 17.1 Å². The van der Waals surface area contributed by atoms with Gasteiger partial charge in [0.2, 0.25) is 0 Å². The highest BCUT2D eigenvalue weighted by molar-refractivity contribution is 7.91. The molecule has 1 rings (SSSR count). The van der Waals surface area contributed by atoms with Crippen molar-refractivity contribution in [2.24, 2.45) is 0 Å². The number of aromatic carboxylic acids is 1. The number of hydrogen-bond donors (Lipinski definition) is 1. The molecule has 0 aliphatic rings. The van der Waals surface area contributed by atoms with Crippen LogP contribution in [0.15, 0.2) is 12.4 Å². The zero-order valence-electron chi connectivity index (χ0n) is 8.91. The Morgan fingerprint density at radius 2 is 2.00 bits per heavy atom. The van der Waals surface area contributed by atoms with Crippen molar-refractivity contribution in [2.45, 2.75) is 24.9 Å². The predicted octanol–water partition coefficient (Wildman–Crippen LogP) is 0.498. The van der Waals surface area contributed by atoms with E-state index in [9.17, 15) is 13.2 Å². The number of carboxylic acid groups (broad SMARTS) is 1. The standard InChI is InChI=1S/C9H12N2O4S/c1-6(2)16(14,15)5-7-3-11-8(4-10-7)9(12)13/h3-4,6H,5H2,1-2H3,(H,12,13). The minimum atomic E-state index is -3.23. The molecule has 0 atom stereocenters. The molecule has 0 aliphatic carbocycles. The van der Waals surface area contributed by atoms with Gasteiger partial charge >= 0.3 is 5.97 Å². The van der Waals surface area contributed by atoms with Crippen LogP contribution < -0.4 is 0 Å². The highest BCUT2D eigenvalue weighted by atomic mass is 32.2. The van der Waals surface area contributed by atoms with Gasteiger partial charge in [0, 0.05) is 0 Å². The third kappa shape index (κ3) is 2.99. The topological polar surface area (TPSA) is 97.2 Å². The summed E-state index contributed by atoms with van der Waals surface area (Å²) in [7, 11) is -3.23. The van der Waals surface area contributed by atoms with E-state index < -0.39 is 21.1 Å². The second-order valence-electron chi connectivity index (χ2n) is 3.55. The van der Waals surface area contributed by atoms with E-state index >= 15 is 0 Å². The summed E-state index contributed by atoms with van der Waals surface area (Å²) in [5, 5.41) is 8.08. The van der Waals surface area contributed by atoms with E-state index in [0.29, 0.717) is 0 Å². The Balaban J connectivity index is 2.89. The average molecular weight is 244 g/mol. The number of aromatic nitrogens is 2. The third-order valence-electron chi connectivity index (χ3n) is 1.99. The molecule has 1 aromatic heterocycles. The van der Waals surface area contributed by atoms with Gasteiger partial charge in [0.25, 0.3) is 0 Å². The number of carbonyl (C=O) groups is 1. The van der Waals surface area contributed by atoms with Crippen LogP contribution in [0, 0.1) is 0 Å². The second kappa shape index (κ2) is 4.56. The van der Waals surface area contributed by atoms with Crippen LogP contribution in [0.1, 0.15) is 30.0 Å². The number of carboxylic acids is 1. The van der Waals surface area contributed by atoms with Crippen molar-refractivity contribution >= 4 is 15.8 Å². The summed E-state index contributed by atoms with van der Waals surface area (Å²) in [6, 6.07) is 0. The Labute approximate surface area is 93.3 Å². The Morgan fingerprint density at radius 1 is 1.38 bits per heavy atom. The van der Waals surface area contributed by atoms with Gasteiger partial charge in [0.15, 0.2) is 15.5 Å². The van der Waals surface area contributed by atoms with Crippen LogP contribution in [0.5, 0.6) is 0 Å². The fraction of sp³-hybridized carbons (Fsp3) is 0.444. The molecule has 0 saturated heterocycles. The van der Waals surface area contributed by atoms with Gasteiger partial charge in [-0.3, -0.25) is 4.98 Å². The largest absolute Gasteiger partial charge is 0.476 e. The maximum atomic E-state index is 11.5. The van der Waals surface area contributed by atoms with Gasteiger partial charge in [-0.1, -0.05) is 0 Å². The van der Waals surface area contributed by atoms with Crippen LogP contribution >= 0.6 is 0 Å². The average Bonchev–Trinajstić information content (AvgIpc) is 2.17. The van der Waals surface area contributed by atoms with Crippen LogP contribution in [0.2, 0.25) is 0 Å². The van der Waals surface area contributed by atoms with Gasteiger partial charge in [0.05, 0.1) is 29.1 Å². The Kier molecular flexibility index (Phi) is 3.58. The van der Waals surface area contributed by atoms with Gasteiger partial charge in [-0.15, -0.1) is 0 Å². The molecule has 0 radical (unpaired) electrons. The van der Waals surface area contributed by atoms with Crippen molar-refractivity contribution in [3.8, 4) is 0 Å². The van der Waals surface area contributed by atoms with Crippen LogP contribution in [-0.2, 0) is 15.6 Å². The molecule has 1 N–H and O–H groups in total. The van der Waals surface area contributed by atoms with Gasteiger partial charge in [-0.25, -0.2) is 18.2 Å². The van der Waals surface area contributed by atoms with Crippen LogP contribution in [-0.4, -0.2) is 34.7 Å². The highest BCUT2D eigenvalue weighted by Crippen LogP contribution is 2.08. The fourth-order valence-electron chi connectivity index (χ4n) is 0.913. The molecule has 0 saturated carbocycles. The first-order chi connectivity index (χ1) is 7.33. The first-order valence-corrected chi connectivity index (χ1v) is 6.30. The number of rotatable bonds is 4. The van der Waals surface area contributed by atoms with E-state index in [2.05, 4.69) is 9.97 Å². The molecule has 0 amide bonds. The molecule has 0 aromatic carbocycles. The van der Waals surface area contributed by atoms with Crippen molar-refractivity contribution in [3.05, 3.63) is 23.8 Å². The third-order valence-corrected chi connectivity index (χ3v) is 4.13. The molecule has 0 fully saturated rings. The van der Waals surface area contributed by atoms with E-state index in [1.54, 1.807) is 13.8 Å². The molecule has 16 heavy (non-hydrogen) atoms. The Bertz CT molecular complexity index is 479. The minimum Gasteiger partial charge on any atom is -0.476 e. The SMILES string of the molecule is CC(C)S(=O)(=O)Cc1cnc(C(=O)O)cn1. The summed E-state index contributed by atoms with van der Waals surface area (Å²) in [5.41, 5.74) is 0.0457. The molecule has 1 aromatic rings. The summed E-state index contributed by atoms with van der Waals surface area (Å²) < 4.78 is 23.1. The normalized spacial score (nSPS) is 11.7. The maximum Gasteiger partial charge on any atom is 0.356 e. The molecule has 7 heteroatoms. The first kappa shape index (κ1) is 12.6. The lowest BCUT2D eigenvalue weighted by atomic mass is 10.4. The van der Waals surface area contributed by atoms with Crippen molar-refractivity contribution in [2.75, 3.05) is 0 Å². The zero-order chi connectivity index (χ0) is 12.3. The lowest BCUT2D eigenvalue weighted by Gasteiger charge is -2.06. The van der Waals surface area contributed by atoms with Gasteiger partial charge < -0.3 is 5.11 Å². The fourth-order valence-corrected chi connectivity index (χ4v) is 1.81. The Morgan fingerprint density at radius 3 is 2.38 bits per heavy atom. The summed E-state index contributed by atoms with van der Waals surface area (Å²) >= 11 is 0. The quantitative estimate of drug-likeness (QED) is 0.828. The molecular formula is C9H12N2O4S. The van der Waals surface area contributed by atoms with Crippen molar-refractivity contribution in [1.82, 2.24) is 9.97 Å². The summed E-state index contributed by atoms with van der Waals surface area (Å²) in [6.45, 7) is 3.16. The zero-order valence-corrected chi connectivity index (χ0v) is 9.73. The van der Waals surface area contributed by atoms with Crippen molar-refractivity contribution < 1.29 is 18.3 Å². The summed E-state index contributed by atoms with van der Waals surface area (Å²) in [5.74, 6) is -1.41. The number of nitrogens with zero attached hydrogens (tertiary/aromatic N) is 2. The summed E-state index contributed by atoms with van der Waals surface area (Å²) in [4.78, 5) is 17.8. The molecule has 0 spiro atoms. The lowest BCUT2D eigenvalue weighted by molar-refractivity contribution is 0.0690. The smallest absolute Gasteiger partial charge is 0.356 e. The van der Waals surface area contributed by atoms with Gasteiger partial charge in [0.1, 0.15) is 0 Å². The molecule has 0 aliphatic heterocycles. The maximum absolute atomic E-state index is 11.5. The molecule has 88 valence electrons. The Hall–Kier alpha value is -1.50. The van der Waals surface area contributed by atoms with Crippen LogP contribution in [0.3, 0.4) is 0 Å². The first-order valence-electron chi connectivity index (χ1n) is 4.58. The molecule has 1 heterocycles. The molecule has 0 unspecified atom stereocenters. The van der Waals surface area contributed by atoms with E-state index in [1.165, 1.54) is 6.20 Å². The summed E-state index contributed by atoms with van der Waals surface area (Å²) in [6.07, 6.45) is 2.22. The highest BCUT2D eigenvalue weighted by Gasteiger charge is 2.18. The van der Waals surface area contributed by atoms with Crippen molar-refractivity contribution in [3.63, 3.8) is 0 Å². The molecular weight excluding hydrogens is 232 g/mol. The van der Waals surface area contributed by atoms with Gasteiger partial charge in [-0.2, -0.15) is 0 Å². The minimum absolute atomic E-state index is 0.203.